The number of aryl methyl sites for hydroxylation is 2. The number of benzene rings is 5. The fourth-order valence-corrected chi connectivity index (χ4v) is 6.59. The van der Waals surface area contributed by atoms with Crippen molar-refractivity contribution in [3.63, 3.8) is 0 Å². The normalized spacial score (nSPS) is 14.2. The second kappa shape index (κ2) is 9.70. The molecule has 4 heteroatoms. The van der Waals surface area contributed by atoms with E-state index in [4.69, 9.17) is 4.65 Å². The number of rotatable bonds is 6. The van der Waals surface area contributed by atoms with E-state index >= 15 is 0 Å². The first-order valence-corrected chi connectivity index (χ1v) is 15.1. The molecule has 0 unspecified atom stereocenters. The van der Waals surface area contributed by atoms with Gasteiger partial charge in [-0.15, -0.1) is 0 Å². The van der Waals surface area contributed by atoms with Crippen molar-refractivity contribution in [3.05, 3.63) is 143 Å². The Hall–Kier alpha value is -4.12. The second-order valence-corrected chi connectivity index (χ2v) is 13.1. The summed E-state index contributed by atoms with van der Waals surface area (Å²) in [6, 6.07) is 40.2. The van der Waals surface area contributed by atoms with E-state index in [1.54, 1.807) is 21.3 Å². The van der Waals surface area contributed by atoms with Crippen LogP contribution in [0.25, 0.3) is 27.5 Å². The smallest absolute Gasteiger partial charge is 0.330 e. The highest BCUT2D eigenvalue weighted by molar-refractivity contribution is 6.47. The average Bonchev–Trinajstić information content (AvgIpc) is 3.33. The van der Waals surface area contributed by atoms with Crippen LogP contribution in [-0.4, -0.2) is 28.4 Å². The molecule has 1 aliphatic heterocycles. The Balaban J connectivity index is 1.60. The molecule has 43 heavy (non-hydrogen) atoms. The molecular weight excluding hydrogens is 525 g/mol. The zero-order valence-corrected chi connectivity index (χ0v) is 25.8. The van der Waals surface area contributed by atoms with Gasteiger partial charge in [0.1, 0.15) is 0 Å². The van der Waals surface area contributed by atoms with Crippen LogP contribution in [0, 0.1) is 13.8 Å². The van der Waals surface area contributed by atoms with Crippen LogP contribution < -0.4 is 5.46 Å². The van der Waals surface area contributed by atoms with Gasteiger partial charge in [-0.1, -0.05) is 114 Å². The molecule has 0 saturated heterocycles. The molecule has 6 aromatic rings. The van der Waals surface area contributed by atoms with E-state index in [1.165, 1.54) is 55.2 Å². The minimum absolute atomic E-state index is 0.573. The van der Waals surface area contributed by atoms with Crippen molar-refractivity contribution in [3.8, 4) is 5.69 Å². The first kappa shape index (κ1) is 27.7. The van der Waals surface area contributed by atoms with Gasteiger partial charge in [0.15, 0.2) is 0 Å². The van der Waals surface area contributed by atoms with Crippen molar-refractivity contribution < 1.29 is 9.76 Å². The quantitative estimate of drug-likeness (QED) is 0.209. The standard InChI is InChI=1S/C39H37BNO2/c1-25-14-18-27(19-15-25)39(28-20-16-26(2)17-21-28)32-12-9-11-31-30-10-7-8-13-34(30)41(36(31)32)35-23-22-29(24-33(35)39)40-43-38(5,6)37(3,4)42/h7-24,42H,1-6H3. The molecule has 0 fully saturated rings. The zero-order valence-electron chi connectivity index (χ0n) is 25.8. The Labute approximate surface area is 255 Å². The Kier molecular flexibility index (Phi) is 6.25. The highest BCUT2D eigenvalue weighted by atomic mass is 16.5. The van der Waals surface area contributed by atoms with Gasteiger partial charge in [-0.05, 0) is 75.9 Å². The van der Waals surface area contributed by atoms with Crippen molar-refractivity contribution in [1.29, 1.82) is 0 Å². The Bertz CT molecular complexity index is 1950. The summed E-state index contributed by atoms with van der Waals surface area (Å²) in [5.74, 6) is 0. The predicted molar refractivity (Wildman–Crippen MR) is 179 cm³/mol. The molecular formula is C39H37BNO2. The van der Waals surface area contributed by atoms with E-state index < -0.39 is 16.6 Å². The van der Waals surface area contributed by atoms with Gasteiger partial charge >= 0.3 is 7.48 Å². The van der Waals surface area contributed by atoms with E-state index in [9.17, 15) is 5.11 Å². The first-order valence-electron chi connectivity index (χ1n) is 15.1. The fraction of sp³-hybridized carbons (Fsp3) is 0.231. The molecule has 0 bridgehead atoms. The number of aliphatic hydroxyl groups is 1. The third kappa shape index (κ3) is 4.11. The van der Waals surface area contributed by atoms with Crippen molar-refractivity contribution in [2.45, 2.75) is 58.2 Å². The van der Waals surface area contributed by atoms with Crippen molar-refractivity contribution in [2.24, 2.45) is 0 Å². The molecule has 0 spiro atoms. The minimum atomic E-state index is -1.01. The van der Waals surface area contributed by atoms with Crippen molar-refractivity contribution in [1.82, 2.24) is 4.57 Å². The second-order valence-electron chi connectivity index (χ2n) is 13.1. The third-order valence-electron chi connectivity index (χ3n) is 9.70. The molecule has 1 aromatic heterocycles. The van der Waals surface area contributed by atoms with Crippen LogP contribution >= 0.6 is 0 Å². The fourth-order valence-electron chi connectivity index (χ4n) is 6.59. The summed E-state index contributed by atoms with van der Waals surface area (Å²) >= 11 is 0. The molecule has 0 aliphatic carbocycles. The SMILES string of the molecule is Cc1ccc(C2(c3ccc(C)cc3)c3cc([B]OC(C)(C)C(C)(C)O)ccc3-n3c4ccccc4c4cccc2c43)cc1. The van der Waals surface area contributed by atoms with Crippen LogP contribution in [0.1, 0.15) is 61.1 Å². The highest BCUT2D eigenvalue weighted by Gasteiger charge is 2.45. The van der Waals surface area contributed by atoms with Gasteiger partial charge in [-0.25, -0.2) is 0 Å². The molecule has 5 aromatic carbocycles. The van der Waals surface area contributed by atoms with Gasteiger partial charge < -0.3 is 14.3 Å². The Morgan fingerprint density at radius 2 is 1.28 bits per heavy atom. The lowest BCUT2D eigenvalue weighted by Gasteiger charge is -2.42. The predicted octanol–water partition coefficient (Wildman–Crippen LogP) is 7.91. The number of hydrogen-bond donors (Lipinski definition) is 1. The van der Waals surface area contributed by atoms with E-state index in [2.05, 4.69) is 128 Å². The first-order chi connectivity index (χ1) is 20.5. The van der Waals surface area contributed by atoms with Crippen molar-refractivity contribution >= 4 is 34.8 Å². The van der Waals surface area contributed by atoms with Crippen LogP contribution in [-0.2, 0) is 10.1 Å². The average molecular weight is 563 g/mol. The van der Waals surface area contributed by atoms with Gasteiger partial charge in [0.2, 0.25) is 0 Å². The maximum Gasteiger partial charge on any atom is 0.330 e. The summed E-state index contributed by atoms with van der Waals surface area (Å²) in [5, 5.41) is 13.3. The molecule has 7 rings (SSSR count). The number of para-hydroxylation sites is 2. The van der Waals surface area contributed by atoms with Crippen LogP contribution in [0.3, 0.4) is 0 Å². The Morgan fingerprint density at radius 3 is 1.91 bits per heavy atom. The van der Waals surface area contributed by atoms with E-state index in [1.807, 2.05) is 13.8 Å². The summed E-state index contributed by atoms with van der Waals surface area (Å²) in [5.41, 5.74) is 9.56. The van der Waals surface area contributed by atoms with Crippen LogP contribution in [0.4, 0.5) is 0 Å². The molecule has 1 aliphatic rings. The topological polar surface area (TPSA) is 34.4 Å². The maximum atomic E-state index is 10.8. The van der Waals surface area contributed by atoms with E-state index in [0.717, 1.165) is 11.2 Å². The molecule has 0 atom stereocenters. The summed E-state index contributed by atoms with van der Waals surface area (Å²) in [7, 11) is 1.80. The summed E-state index contributed by atoms with van der Waals surface area (Å²) in [6.45, 7) is 11.7. The zero-order chi connectivity index (χ0) is 30.1. The summed E-state index contributed by atoms with van der Waals surface area (Å²) < 4.78 is 8.73. The lowest BCUT2D eigenvalue weighted by atomic mass is 9.62. The lowest BCUT2D eigenvalue weighted by molar-refractivity contribution is -0.0893. The third-order valence-corrected chi connectivity index (χ3v) is 9.70. The summed E-state index contributed by atoms with van der Waals surface area (Å²) in [6.07, 6.45) is 0. The van der Waals surface area contributed by atoms with E-state index in [-0.39, 0.29) is 0 Å². The number of nitrogens with zero attached hydrogens (tertiary/aromatic N) is 1. The molecule has 0 amide bonds. The number of fused-ring (bicyclic) bond motifs is 5. The lowest BCUT2D eigenvalue weighted by Crippen LogP contribution is -2.49. The monoisotopic (exact) mass is 562 g/mol. The molecule has 1 radical (unpaired) electrons. The van der Waals surface area contributed by atoms with Crippen LogP contribution in [0.15, 0.2) is 109 Å². The molecule has 0 saturated carbocycles. The van der Waals surface area contributed by atoms with Crippen LogP contribution in [0.5, 0.6) is 0 Å². The maximum absolute atomic E-state index is 10.8. The van der Waals surface area contributed by atoms with Gasteiger partial charge in [-0.3, -0.25) is 0 Å². The van der Waals surface area contributed by atoms with Gasteiger partial charge in [0.25, 0.3) is 0 Å². The van der Waals surface area contributed by atoms with Gasteiger partial charge in [0.05, 0.1) is 33.3 Å². The largest absolute Gasteiger partial charge is 0.427 e. The summed E-state index contributed by atoms with van der Waals surface area (Å²) in [4.78, 5) is 0. The van der Waals surface area contributed by atoms with Crippen LogP contribution in [0.2, 0.25) is 0 Å². The van der Waals surface area contributed by atoms with Gasteiger partial charge in [0, 0.05) is 10.8 Å². The van der Waals surface area contributed by atoms with E-state index in [0.29, 0.717) is 0 Å². The highest BCUT2D eigenvalue weighted by Crippen LogP contribution is 2.54. The molecule has 213 valence electrons. The molecule has 2 heterocycles. The number of aromatic nitrogens is 1. The minimum Gasteiger partial charge on any atom is -0.427 e. The number of hydrogen-bond acceptors (Lipinski definition) is 2. The Morgan fingerprint density at radius 1 is 0.674 bits per heavy atom. The molecule has 3 nitrogen and oxygen atoms in total. The molecule has 1 N–H and O–H groups in total. The van der Waals surface area contributed by atoms with Crippen molar-refractivity contribution in [2.75, 3.05) is 0 Å². The van der Waals surface area contributed by atoms with Gasteiger partial charge in [-0.2, -0.15) is 0 Å².